The minimum absolute atomic E-state index is 0.218. The minimum Gasteiger partial charge on any atom is -0.479 e. The minimum atomic E-state index is -1.79. The molecule has 2 N–H and O–H groups in total. The number of halogens is 1. The van der Waals surface area contributed by atoms with Crippen molar-refractivity contribution in [1.82, 2.24) is 0 Å². The van der Waals surface area contributed by atoms with E-state index in [1.54, 1.807) is 0 Å². The van der Waals surface area contributed by atoms with Gasteiger partial charge < -0.3 is 10.2 Å². The molecule has 0 heterocycles. The number of hydrogen-bond donors (Lipinski definition) is 2. The van der Waals surface area contributed by atoms with Crippen LogP contribution < -0.4 is 0 Å². The lowest BCUT2D eigenvalue weighted by Gasteiger charge is -2.05. The summed E-state index contributed by atoms with van der Waals surface area (Å²) in [5.74, 6) is -2.17. The molecule has 1 rings (SSSR count). The van der Waals surface area contributed by atoms with Crippen molar-refractivity contribution >= 4 is 5.97 Å². The maximum Gasteiger partial charge on any atom is 0.337 e. The van der Waals surface area contributed by atoms with Gasteiger partial charge in [0.2, 0.25) is 0 Å². The maximum absolute atomic E-state index is 12.8. The Morgan fingerprint density at radius 1 is 1.42 bits per heavy atom. The highest BCUT2D eigenvalue weighted by Gasteiger charge is 2.18. The molecule has 0 saturated heterocycles. The number of hydrogen-bond acceptors (Lipinski definition) is 2. The quantitative estimate of drug-likeness (QED) is 0.694. The van der Waals surface area contributed by atoms with Crippen LogP contribution in [0.4, 0.5) is 4.39 Å². The van der Waals surface area contributed by atoms with Gasteiger partial charge in [-0.15, -0.1) is 0 Å². The van der Waals surface area contributed by atoms with Crippen LogP contribution in [-0.4, -0.2) is 16.2 Å². The Hall–Kier alpha value is -1.42. The van der Waals surface area contributed by atoms with E-state index in [1.807, 2.05) is 0 Å². The Morgan fingerprint density at radius 3 is 2.50 bits per heavy atom. The zero-order chi connectivity index (χ0) is 9.14. The lowest BCUT2D eigenvalue weighted by Crippen LogP contribution is -2.11. The summed E-state index contributed by atoms with van der Waals surface area (Å²) in [7, 11) is 0. The number of aliphatic hydroxyl groups excluding tert-OH is 1. The number of aliphatic hydroxyl groups is 1. The third kappa shape index (κ3) is 1.60. The van der Waals surface area contributed by atoms with Crippen LogP contribution in [0.5, 0.6) is 0 Å². The van der Waals surface area contributed by atoms with E-state index < -0.39 is 17.9 Å². The first-order valence-corrected chi connectivity index (χ1v) is 3.28. The molecule has 0 saturated carbocycles. The summed E-state index contributed by atoms with van der Waals surface area (Å²) in [5, 5.41) is 17.3. The van der Waals surface area contributed by atoms with Gasteiger partial charge in [-0.2, -0.15) is 0 Å². The number of aliphatic carboxylic acids is 1. The highest BCUT2D eigenvalue weighted by Crippen LogP contribution is 2.15. The van der Waals surface area contributed by atoms with Crippen molar-refractivity contribution in [2.45, 2.75) is 6.10 Å². The van der Waals surface area contributed by atoms with Crippen molar-refractivity contribution in [1.29, 1.82) is 0 Å². The van der Waals surface area contributed by atoms with E-state index in [-0.39, 0.29) is 5.56 Å². The predicted molar refractivity (Wildman–Crippen MR) is 39.0 cm³/mol. The van der Waals surface area contributed by atoms with E-state index >= 15 is 0 Å². The molecule has 3 nitrogen and oxygen atoms in total. The van der Waals surface area contributed by atoms with Gasteiger partial charge in [0.1, 0.15) is 5.82 Å². The second kappa shape index (κ2) is 3.32. The molecule has 64 valence electrons. The van der Waals surface area contributed by atoms with Crippen LogP contribution in [0.25, 0.3) is 0 Å². The molecule has 12 heavy (non-hydrogen) atoms. The van der Waals surface area contributed by atoms with E-state index in [1.165, 1.54) is 18.2 Å². The maximum atomic E-state index is 12.8. The van der Waals surface area contributed by atoms with Gasteiger partial charge in [0, 0.05) is 5.56 Å². The van der Waals surface area contributed by atoms with Crippen molar-refractivity contribution in [3.63, 3.8) is 0 Å². The van der Waals surface area contributed by atoms with Crippen molar-refractivity contribution in [3.05, 3.63) is 35.6 Å². The molecule has 1 atom stereocenters. The Bertz CT molecular complexity index is 298. The third-order valence-electron chi connectivity index (χ3n) is 1.43. The summed E-state index contributed by atoms with van der Waals surface area (Å²) in [6.45, 7) is 0. The third-order valence-corrected chi connectivity index (χ3v) is 1.43. The number of carbonyl (C=O) groups is 1. The van der Waals surface area contributed by atoms with Gasteiger partial charge in [0.15, 0.2) is 6.10 Å². The first-order chi connectivity index (χ1) is 5.63. The van der Waals surface area contributed by atoms with Gasteiger partial charge in [-0.05, 0) is 6.07 Å². The number of rotatable bonds is 2. The average molecular weight is 170 g/mol. The first-order valence-electron chi connectivity index (χ1n) is 3.28. The van der Waals surface area contributed by atoms with Crippen molar-refractivity contribution in [2.24, 2.45) is 0 Å². The van der Waals surface area contributed by atoms with Crippen LogP contribution in [-0.2, 0) is 4.79 Å². The lowest BCUT2D eigenvalue weighted by atomic mass is 10.1. The van der Waals surface area contributed by atoms with Gasteiger partial charge in [-0.25, -0.2) is 9.18 Å². The van der Waals surface area contributed by atoms with Gasteiger partial charge in [-0.3, -0.25) is 0 Å². The highest BCUT2D eigenvalue weighted by molar-refractivity contribution is 5.74. The molecular formula is C8H7FO3. The van der Waals surface area contributed by atoms with Crippen LogP contribution >= 0.6 is 0 Å². The molecule has 0 unspecified atom stereocenters. The fraction of sp³-hybridized carbons (Fsp3) is 0.125. The molecule has 0 radical (unpaired) electrons. The van der Waals surface area contributed by atoms with Gasteiger partial charge in [0.25, 0.3) is 0 Å². The van der Waals surface area contributed by atoms with Crippen molar-refractivity contribution < 1.29 is 19.4 Å². The van der Waals surface area contributed by atoms with Crippen LogP contribution in [0.15, 0.2) is 24.3 Å². The largest absolute Gasteiger partial charge is 0.479 e. The lowest BCUT2D eigenvalue weighted by molar-refractivity contribution is -0.147. The van der Waals surface area contributed by atoms with Crippen molar-refractivity contribution in [2.75, 3.05) is 0 Å². The van der Waals surface area contributed by atoms with Gasteiger partial charge in [0.05, 0.1) is 0 Å². The molecule has 0 aliphatic carbocycles. The summed E-state index contributed by atoms with van der Waals surface area (Å²) >= 11 is 0. The Kier molecular flexibility index (Phi) is 2.40. The molecule has 1 aromatic rings. The summed E-state index contributed by atoms with van der Waals surface area (Å²) in [6, 6.07) is 5.22. The van der Waals surface area contributed by atoms with Crippen molar-refractivity contribution in [3.8, 4) is 0 Å². The fourth-order valence-corrected chi connectivity index (χ4v) is 0.830. The van der Waals surface area contributed by atoms with Crippen LogP contribution in [0.1, 0.15) is 11.7 Å². The molecule has 0 aliphatic heterocycles. The molecule has 4 heteroatoms. The highest BCUT2D eigenvalue weighted by atomic mass is 19.1. The van der Waals surface area contributed by atoms with E-state index in [0.29, 0.717) is 0 Å². The smallest absolute Gasteiger partial charge is 0.337 e. The standard InChI is InChI=1S/C8H7FO3/c9-6-4-2-1-3-5(6)7(10)8(11)12/h1-4,7,10H,(H,11,12)/t7-/m1/s1. The average Bonchev–Trinajstić information content (AvgIpc) is 2.04. The van der Waals surface area contributed by atoms with Crippen LogP contribution in [0.3, 0.4) is 0 Å². The van der Waals surface area contributed by atoms with E-state index in [2.05, 4.69) is 0 Å². The summed E-state index contributed by atoms with van der Waals surface area (Å²) < 4.78 is 12.8. The zero-order valence-corrected chi connectivity index (χ0v) is 6.07. The van der Waals surface area contributed by atoms with E-state index in [4.69, 9.17) is 10.2 Å². The molecular weight excluding hydrogens is 163 g/mol. The van der Waals surface area contributed by atoms with E-state index in [9.17, 15) is 9.18 Å². The zero-order valence-electron chi connectivity index (χ0n) is 6.07. The predicted octanol–water partition coefficient (Wildman–Crippen LogP) is 0.944. The molecule has 0 fully saturated rings. The molecule has 0 amide bonds. The normalized spacial score (nSPS) is 12.5. The monoisotopic (exact) mass is 170 g/mol. The molecule has 0 spiro atoms. The fourth-order valence-electron chi connectivity index (χ4n) is 0.830. The Balaban J connectivity index is 3.02. The van der Waals surface area contributed by atoms with Gasteiger partial charge >= 0.3 is 5.97 Å². The number of benzene rings is 1. The van der Waals surface area contributed by atoms with Crippen LogP contribution in [0, 0.1) is 5.82 Å². The second-order valence-corrected chi connectivity index (χ2v) is 2.26. The molecule has 0 bridgehead atoms. The topological polar surface area (TPSA) is 57.5 Å². The summed E-state index contributed by atoms with van der Waals surface area (Å²) in [6.07, 6.45) is -1.79. The number of carboxylic acid groups (broad SMARTS) is 1. The molecule has 0 aliphatic rings. The first kappa shape index (κ1) is 8.67. The number of carboxylic acids is 1. The van der Waals surface area contributed by atoms with Crippen LogP contribution in [0.2, 0.25) is 0 Å². The second-order valence-electron chi connectivity index (χ2n) is 2.26. The summed E-state index contributed by atoms with van der Waals surface area (Å²) in [5.41, 5.74) is -0.218. The van der Waals surface area contributed by atoms with E-state index in [0.717, 1.165) is 6.07 Å². The SMILES string of the molecule is O=C(O)[C@H](O)c1ccccc1F. The van der Waals surface area contributed by atoms with Gasteiger partial charge in [-0.1, -0.05) is 18.2 Å². The Labute approximate surface area is 68.1 Å². The Morgan fingerprint density at radius 2 is 2.00 bits per heavy atom. The molecule has 1 aromatic carbocycles. The molecule has 0 aromatic heterocycles. The summed E-state index contributed by atoms with van der Waals surface area (Å²) in [4.78, 5) is 10.2.